The van der Waals surface area contributed by atoms with E-state index in [0.29, 0.717) is 28.8 Å². The van der Waals surface area contributed by atoms with Gasteiger partial charge < -0.3 is 27.4 Å². The molecule has 2 heterocycles. The van der Waals surface area contributed by atoms with Gasteiger partial charge in [0.2, 0.25) is 5.91 Å². The number of hydrogen-bond acceptors (Lipinski definition) is 2. The summed E-state index contributed by atoms with van der Waals surface area (Å²) in [6, 6.07) is 15.6. The van der Waals surface area contributed by atoms with Gasteiger partial charge in [0.15, 0.2) is 0 Å². The number of amides is 1. The van der Waals surface area contributed by atoms with Gasteiger partial charge in [0.1, 0.15) is 11.7 Å². The average molecular weight is 558 g/mol. The van der Waals surface area contributed by atoms with E-state index in [2.05, 4.69) is 46.6 Å². The fraction of sp³-hybridized carbons (Fsp3) is 0.594. The minimum absolute atomic E-state index is 0. The van der Waals surface area contributed by atoms with Crippen LogP contribution in [0.25, 0.3) is 0 Å². The zero-order valence-electron chi connectivity index (χ0n) is 22.6. The van der Waals surface area contributed by atoms with Crippen LogP contribution in [0.15, 0.2) is 42.5 Å². The molecule has 3 fully saturated rings. The van der Waals surface area contributed by atoms with Crippen molar-refractivity contribution in [3.63, 3.8) is 0 Å². The van der Waals surface area contributed by atoms with Crippen molar-refractivity contribution in [3.05, 3.63) is 64.2 Å². The lowest BCUT2D eigenvalue weighted by atomic mass is 9.63. The quantitative estimate of drug-likeness (QED) is 0.628. The van der Waals surface area contributed by atoms with Gasteiger partial charge in [-0.2, -0.15) is 0 Å². The molecule has 2 saturated heterocycles. The topological polar surface area (TPSA) is 46.1 Å². The molecule has 6 rings (SSSR count). The van der Waals surface area contributed by atoms with Crippen molar-refractivity contribution in [3.8, 4) is 5.75 Å². The normalized spacial score (nSPS) is 29.5. The van der Waals surface area contributed by atoms with Gasteiger partial charge in [-0.15, -0.1) is 0 Å². The summed E-state index contributed by atoms with van der Waals surface area (Å²) in [4.78, 5) is 17.0. The number of nitrogens with two attached hydrogens (primary N) is 1. The first kappa shape index (κ1) is 27.8. The van der Waals surface area contributed by atoms with E-state index >= 15 is 0 Å². The average Bonchev–Trinajstić information content (AvgIpc) is 3.37. The molecule has 4 aliphatic rings. The summed E-state index contributed by atoms with van der Waals surface area (Å²) in [5.41, 5.74) is 3.89. The maximum atomic E-state index is 14.6. The van der Waals surface area contributed by atoms with Gasteiger partial charge in [-0.1, -0.05) is 67.3 Å². The molecule has 2 aliphatic heterocycles. The molecule has 0 bridgehead atoms. The molecule has 1 saturated carbocycles. The predicted octanol–water partition coefficient (Wildman–Crippen LogP) is 2.48. The van der Waals surface area contributed by atoms with E-state index in [1.807, 2.05) is 6.07 Å². The largest absolute Gasteiger partial charge is 1.00 e. The number of nitrogens with zero attached hydrogens (tertiary/aromatic N) is 1. The lowest BCUT2D eigenvalue weighted by Crippen LogP contribution is -3.00. The van der Waals surface area contributed by atoms with Crippen LogP contribution in [0.5, 0.6) is 5.75 Å². The second kappa shape index (κ2) is 11.8. The van der Waals surface area contributed by atoms with Crippen LogP contribution in [-0.2, 0) is 16.6 Å². The van der Waals surface area contributed by atoms with E-state index in [4.69, 9.17) is 16.3 Å². The lowest BCUT2D eigenvalue weighted by molar-refractivity contribution is -0.640. The summed E-state index contributed by atoms with van der Waals surface area (Å²) in [6.45, 7) is 2.76. The number of likely N-dealkylation sites (tertiary alicyclic amines) is 1. The summed E-state index contributed by atoms with van der Waals surface area (Å²) in [6.07, 6.45) is 11.9. The molecule has 206 valence electrons. The molecule has 38 heavy (non-hydrogen) atoms. The van der Waals surface area contributed by atoms with Crippen molar-refractivity contribution in [2.24, 2.45) is 11.8 Å². The Bertz CT molecular complexity index is 1120. The van der Waals surface area contributed by atoms with Crippen LogP contribution in [0.1, 0.15) is 80.4 Å². The molecule has 1 amide bonds. The van der Waals surface area contributed by atoms with Crippen molar-refractivity contribution in [1.29, 1.82) is 0 Å². The number of carbonyl (C=O) groups excluding carboxylic acids is 1. The van der Waals surface area contributed by atoms with Gasteiger partial charge in [0.05, 0.1) is 30.6 Å². The molecule has 0 radical (unpaired) electrons. The fourth-order valence-electron chi connectivity index (χ4n) is 8.50. The van der Waals surface area contributed by atoms with Crippen LogP contribution in [0.4, 0.5) is 0 Å². The summed E-state index contributed by atoms with van der Waals surface area (Å²) < 4.78 is 5.77. The van der Waals surface area contributed by atoms with E-state index in [-0.39, 0.29) is 23.7 Å². The van der Waals surface area contributed by atoms with E-state index in [0.717, 1.165) is 57.5 Å². The van der Waals surface area contributed by atoms with Gasteiger partial charge in [0, 0.05) is 12.6 Å². The van der Waals surface area contributed by atoms with Crippen LogP contribution in [0.2, 0.25) is 5.02 Å². The first-order valence-electron chi connectivity index (χ1n) is 14.7. The molecule has 6 heteroatoms. The second-order valence-corrected chi connectivity index (χ2v) is 12.4. The number of benzene rings is 2. The van der Waals surface area contributed by atoms with Crippen LogP contribution in [0, 0.1) is 11.8 Å². The number of ether oxygens (including phenoxy) is 1. The van der Waals surface area contributed by atoms with E-state index in [9.17, 15) is 4.79 Å². The van der Waals surface area contributed by atoms with Crippen LogP contribution >= 0.6 is 11.6 Å². The standard InChI is InChI=1S/C32H41ClN2O2.ClH/c1-37-30-25-13-8-17-32(26(25)14-15-28(30)33)21-34-20-27(32)31(36)35-18-16-24(22-9-4-2-5-10-22)19-29(35)23-11-6-3-7-12-23;/h2,4-5,9-10,14-15,23-24,27,29,34H,3,6-8,11-13,16-21H2,1H3;1H/t24-,27+,29+,32?;/m1./s1. The van der Waals surface area contributed by atoms with Crippen molar-refractivity contribution in [1.82, 2.24) is 4.90 Å². The minimum Gasteiger partial charge on any atom is -1.00 e. The lowest BCUT2D eigenvalue weighted by Gasteiger charge is -2.47. The Balaban J connectivity index is 0.00000294. The molecule has 1 unspecified atom stereocenters. The van der Waals surface area contributed by atoms with Gasteiger partial charge in [-0.05, 0) is 79.5 Å². The Kier molecular flexibility index (Phi) is 8.62. The highest BCUT2D eigenvalue weighted by molar-refractivity contribution is 6.32. The maximum absolute atomic E-state index is 14.6. The molecule has 2 aliphatic carbocycles. The summed E-state index contributed by atoms with van der Waals surface area (Å²) >= 11 is 6.54. The number of halogens is 2. The molecule has 2 aromatic rings. The molecule has 1 spiro atoms. The Hall–Kier alpha value is -1.75. The minimum atomic E-state index is -0.115. The van der Waals surface area contributed by atoms with Crippen LogP contribution in [-0.4, -0.2) is 43.6 Å². The van der Waals surface area contributed by atoms with E-state index in [1.165, 1.54) is 48.8 Å². The molecular weight excluding hydrogens is 515 g/mol. The van der Waals surface area contributed by atoms with Crippen molar-refractivity contribution in [2.45, 2.75) is 81.6 Å². The van der Waals surface area contributed by atoms with Crippen LogP contribution in [0.3, 0.4) is 0 Å². The first-order valence-corrected chi connectivity index (χ1v) is 15.0. The fourth-order valence-corrected chi connectivity index (χ4v) is 8.76. The van der Waals surface area contributed by atoms with Gasteiger partial charge in [0.25, 0.3) is 0 Å². The second-order valence-electron chi connectivity index (χ2n) is 12.0. The highest BCUT2D eigenvalue weighted by atomic mass is 35.5. The summed E-state index contributed by atoms with van der Waals surface area (Å²) in [5.74, 6) is 2.46. The number of rotatable bonds is 4. The van der Waals surface area contributed by atoms with Crippen molar-refractivity contribution >= 4 is 17.5 Å². The Morgan fingerprint density at radius 1 is 1.05 bits per heavy atom. The first-order chi connectivity index (χ1) is 18.1. The monoisotopic (exact) mass is 556 g/mol. The van der Waals surface area contributed by atoms with Crippen molar-refractivity contribution < 1.29 is 27.3 Å². The zero-order chi connectivity index (χ0) is 25.4. The third kappa shape index (κ3) is 4.86. The molecule has 4 nitrogen and oxygen atoms in total. The maximum Gasteiger partial charge on any atom is 0.232 e. The number of piperidine rings is 1. The third-order valence-corrected chi connectivity index (χ3v) is 10.6. The Labute approximate surface area is 239 Å². The zero-order valence-corrected chi connectivity index (χ0v) is 24.2. The third-order valence-electron chi connectivity index (χ3n) is 10.3. The van der Waals surface area contributed by atoms with Gasteiger partial charge >= 0.3 is 0 Å². The molecule has 4 atom stereocenters. The molecule has 2 aromatic carbocycles. The SMILES string of the molecule is COc1c(Cl)ccc2c1CCCC21C[NH2+]C[C@H]1C(=O)N1CC[C@@H](c2ccccc2)C[C@H]1C1CCCCC1.[Cl-]. The Morgan fingerprint density at radius 2 is 1.84 bits per heavy atom. The number of fused-ring (bicyclic) bond motifs is 2. The highest BCUT2D eigenvalue weighted by Crippen LogP contribution is 2.49. The summed E-state index contributed by atoms with van der Waals surface area (Å²) in [7, 11) is 1.72. The van der Waals surface area contributed by atoms with E-state index < -0.39 is 0 Å². The van der Waals surface area contributed by atoms with Gasteiger partial charge in [-0.25, -0.2) is 0 Å². The summed E-state index contributed by atoms with van der Waals surface area (Å²) in [5, 5.41) is 3.08. The number of carbonyl (C=O) groups is 1. The Morgan fingerprint density at radius 3 is 2.61 bits per heavy atom. The predicted molar refractivity (Wildman–Crippen MR) is 148 cm³/mol. The number of hydrogen-bond donors (Lipinski definition) is 1. The van der Waals surface area contributed by atoms with Crippen LogP contribution < -0.4 is 22.5 Å². The molecule has 2 N–H and O–H groups in total. The van der Waals surface area contributed by atoms with Crippen molar-refractivity contribution in [2.75, 3.05) is 26.7 Å². The van der Waals surface area contributed by atoms with Gasteiger partial charge in [-0.3, -0.25) is 4.79 Å². The molecular formula is C32H42Cl2N2O2. The highest BCUT2D eigenvalue weighted by Gasteiger charge is 2.55. The molecule has 0 aromatic heterocycles. The van der Waals surface area contributed by atoms with E-state index in [1.54, 1.807) is 7.11 Å². The number of quaternary nitrogens is 1. The number of methoxy groups -OCH3 is 1. The smallest absolute Gasteiger partial charge is 0.232 e.